The van der Waals surface area contributed by atoms with Gasteiger partial charge in [-0.3, -0.25) is 9.59 Å². The molecule has 0 radical (unpaired) electrons. The molecule has 32 heavy (non-hydrogen) atoms. The average molecular weight is 443 g/mol. The van der Waals surface area contributed by atoms with Gasteiger partial charge in [0.05, 0.1) is 33.3 Å². The number of carbonyl (C=O) groups is 2. The van der Waals surface area contributed by atoms with Crippen LogP contribution in [-0.2, 0) is 9.59 Å². The summed E-state index contributed by atoms with van der Waals surface area (Å²) >= 11 is 0. The monoisotopic (exact) mass is 442 g/mol. The van der Waals surface area contributed by atoms with Crippen LogP contribution in [0, 0.1) is 0 Å². The van der Waals surface area contributed by atoms with Crippen molar-refractivity contribution >= 4 is 17.5 Å². The van der Waals surface area contributed by atoms with E-state index in [0.717, 1.165) is 18.6 Å². The third-order valence-electron chi connectivity index (χ3n) is 5.17. The van der Waals surface area contributed by atoms with Crippen molar-refractivity contribution in [3.8, 4) is 23.0 Å². The van der Waals surface area contributed by atoms with Gasteiger partial charge < -0.3 is 29.6 Å². The van der Waals surface area contributed by atoms with E-state index in [1.807, 2.05) is 24.3 Å². The summed E-state index contributed by atoms with van der Waals surface area (Å²) in [5, 5.41) is 5.65. The molecule has 0 saturated carbocycles. The highest BCUT2D eigenvalue weighted by Gasteiger charge is 2.32. The van der Waals surface area contributed by atoms with E-state index in [1.165, 1.54) is 14.2 Å². The fourth-order valence-corrected chi connectivity index (χ4v) is 3.45. The predicted octanol–water partition coefficient (Wildman–Crippen LogP) is 3.50. The van der Waals surface area contributed by atoms with Crippen LogP contribution in [0.25, 0.3) is 0 Å². The van der Waals surface area contributed by atoms with Gasteiger partial charge in [0.2, 0.25) is 11.8 Å². The highest BCUT2D eigenvalue weighted by molar-refractivity contribution is 6.01. The van der Waals surface area contributed by atoms with Crippen molar-refractivity contribution in [3.05, 3.63) is 42.0 Å². The number of fused-ring (bicyclic) bond motifs is 1. The number of benzene rings is 2. The summed E-state index contributed by atoms with van der Waals surface area (Å²) in [6.45, 7) is 3.44. The van der Waals surface area contributed by atoms with Gasteiger partial charge in [-0.2, -0.15) is 0 Å². The molecule has 0 fully saturated rings. The number of ether oxygens (including phenoxy) is 4. The van der Waals surface area contributed by atoms with Gasteiger partial charge in [-0.15, -0.1) is 0 Å². The third kappa shape index (κ3) is 5.84. The summed E-state index contributed by atoms with van der Waals surface area (Å²) in [7, 11) is 3.05. The molecule has 8 nitrogen and oxygen atoms in total. The summed E-state index contributed by atoms with van der Waals surface area (Å²) in [5.74, 6) is 1.42. The fraction of sp³-hybridized carbons (Fsp3) is 0.417. The van der Waals surface area contributed by atoms with Gasteiger partial charge in [-0.05, 0) is 42.3 Å². The molecule has 0 saturated heterocycles. The molecule has 1 aliphatic rings. The van der Waals surface area contributed by atoms with Crippen molar-refractivity contribution in [3.63, 3.8) is 0 Å². The molecule has 2 aromatic rings. The molecule has 1 aliphatic heterocycles. The number of rotatable bonds is 11. The number of nitrogens with one attached hydrogen (secondary N) is 2. The van der Waals surface area contributed by atoms with Crippen LogP contribution in [0.4, 0.5) is 5.69 Å². The van der Waals surface area contributed by atoms with Crippen LogP contribution in [-0.4, -0.2) is 45.8 Å². The number of unbranched alkanes of at least 4 members (excludes halogenated alkanes) is 1. The van der Waals surface area contributed by atoms with Crippen LogP contribution >= 0.6 is 0 Å². The Hall–Kier alpha value is -3.42. The fourth-order valence-electron chi connectivity index (χ4n) is 3.45. The topological polar surface area (TPSA) is 95.1 Å². The van der Waals surface area contributed by atoms with Gasteiger partial charge in [-0.1, -0.05) is 13.3 Å². The lowest BCUT2D eigenvalue weighted by Crippen LogP contribution is -2.36. The second-order valence-corrected chi connectivity index (χ2v) is 7.41. The van der Waals surface area contributed by atoms with Crippen LogP contribution < -0.4 is 29.6 Å². The van der Waals surface area contributed by atoms with Crippen LogP contribution in [0.5, 0.6) is 23.0 Å². The quantitative estimate of drug-likeness (QED) is 0.517. The first-order chi connectivity index (χ1) is 15.5. The van der Waals surface area contributed by atoms with Crippen molar-refractivity contribution in [2.45, 2.75) is 32.1 Å². The number of hydrogen-bond acceptors (Lipinski definition) is 6. The molecule has 2 N–H and O–H groups in total. The van der Waals surface area contributed by atoms with E-state index in [-0.39, 0.29) is 18.2 Å². The average Bonchev–Trinajstić information content (AvgIpc) is 2.81. The zero-order valence-electron chi connectivity index (χ0n) is 18.7. The lowest BCUT2D eigenvalue weighted by molar-refractivity contribution is -0.126. The summed E-state index contributed by atoms with van der Waals surface area (Å²) in [6.07, 6.45) is 2.17. The minimum atomic E-state index is -0.613. The van der Waals surface area contributed by atoms with Crippen molar-refractivity contribution in [2.24, 2.45) is 0 Å². The van der Waals surface area contributed by atoms with E-state index >= 15 is 0 Å². The normalized spacial score (nSPS) is 14.7. The van der Waals surface area contributed by atoms with E-state index < -0.39 is 5.92 Å². The Bertz CT molecular complexity index is 929. The van der Waals surface area contributed by atoms with Gasteiger partial charge in [0.15, 0.2) is 11.5 Å². The summed E-state index contributed by atoms with van der Waals surface area (Å²) in [5.41, 5.74) is 1.25. The smallest absolute Gasteiger partial charge is 0.228 e. The van der Waals surface area contributed by atoms with Gasteiger partial charge in [0.25, 0.3) is 0 Å². The maximum absolute atomic E-state index is 12.8. The number of hydrogen-bond donors (Lipinski definition) is 2. The predicted molar refractivity (Wildman–Crippen MR) is 121 cm³/mol. The van der Waals surface area contributed by atoms with Gasteiger partial charge in [0.1, 0.15) is 18.1 Å². The van der Waals surface area contributed by atoms with E-state index in [4.69, 9.17) is 18.9 Å². The third-order valence-corrected chi connectivity index (χ3v) is 5.17. The van der Waals surface area contributed by atoms with E-state index in [9.17, 15) is 9.59 Å². The minimum absolute atomic E-state index is 0.0642. The Labute approximate surface area is 188 Å². The molecule has 3 rings (SSSR count). The molecule has 2 amide bonds. The number of amides is 2. The molecule has 0 spiro atoms. The summed E-state index contributed by atoms with van der Waals surface area (Å²) in [4.78, 5) is 24.9. The molecule has 0 aromatic heterocycles. The minimum Gasteiger partial charge on any atom is -0.494 e. The first kappa shape index (κ1) is 23.2. The molecule has 0 aliphatic carbocycles. The Balaban J connectivity index is 1.54. The van der Waals surface area contributed by atoms with Crippen LogP contribution in [0.2, 0.25) is 0 Å². The van der Waals surface area contributed by atoms with E-state index in [2.05, 4.69) is 17.6 Å². The van der Waals surface area contributed by atoms with Crippen molar-refractivity contribution in [2.75, 3.05) is 39.3 Å². The van der Waals surface area contributed by atoms with E-state index in [1.54, 1.807) is 12.1 Å². The van der Waals surface area contributed by atoms with Crippen molar-refractivity contribution in [1.29, 1.82) is 0 Å². The molecular formula is C24H30N2O6. The summed E-state index contributed by atoms with van der Waals surface area (Å²) in [6, 6.07) is 10.8. The zero-order chi connectivity index (χ0) is 22.9. The zero-order valence-corrected chi connectivity index (χ0v) is 18.7. The Morgan fingerprint density at radius 3 is 2.28 bits per heavy atom. The molecule has 0 bridgehead atoms. The molecular weight excluding hydrogens is 412 g/mol. The molecule has 1 heterocycles. The molecule has 172 valence electrons. The van der Waals surface area contributed by atoms with Gasteiger partial charge in [-0.25, -0.2) is 0 Å². The van der Waals surface area contributed by atoms with Crippen LogP contribution in [0.1, 0.15) is 37.7 Å². The van der Waals surface area contributed by atoms with E-state index in [0.29, 0.717) is 48.3 Å². The molecule has 2 aromatic carbocycles. The van der Waals surface area contributed by atoms with Crippen molar-refractivity contribution in [1.82, 2.24) is 5.32 Å². The van der Waals surface area contributed by atoms with Crippen LogP contribution in [0.15, 0.2) is 36.4 Å². The highest BCUT2D eigenvalue weighted by Crippen LogP contribution is 2.40. The Morgan fingerprint density at radius 1 is 1.03 bits per heavy atom. The van der Waals surface area contributed by atoms with Crippen LogP contribution in [0.3, 0.4) is 0 Å². The standard InChI is InChI=1S/C24H30N2O6/c1-4-5-11-31-16-6-8-17(9-7-16)32-12-10-25-24(28)19-14-23(27)26-20-15-22(30-3)21(29-2)13-18(19)20/h6-9,13,15,19H,4-5,10-12,14H2,1-3H3,(H,25,28)(H,26,27)/t19-/m1/s1. The maximum Gasteiger partial charge on any atom is 0.228 e. The molecule has 0 unspecified atom stereocenters. The lowest BCUT2D eigenvalue weighted by atomic mass is 9.89. The Kier molecular flexibility index (Phi) is 8.19. The highest BCUT2D eigenvalue weighted by atomic mass is 16.5. The summed E-state index contributed by atoms with van der Waals surface area (Å²) < 4.78 is 22.0. The van der Waals surface area contributed by atoms with Gasteiger partial charge >= 0.3 is 0 Å². The SMILES string of the molecule is CCCCOc1ccc(OCCNC(=O)[C@@H]2CC(=O)Nc3cc(OC)c(OC)cc32)cc1. The second kappa shape index (κ2) is 11.3. The Morgan fingerprint density at radius 2 is 1.66 bits per heavy atom. The first-order valence-electron chi connectivity index (χ1n) is 10.7. The molecule has 8 heteroatoms. The first-order valence-corrected chi connectivity index (χ1v) is 10.7. The number of anilines is 1. The maximum atomic E-state index is 12.8. The largest absolute Gasteiger partial charge is 0.494 e. The lowest BCUT2D eigenvalue weighted by Gasteiger charge is -2.26. The molecule has 1 atom stereocenters. The second-order valence-electron chi connectivity index (χ2n) is 7.41. The number of methoxy groups -OCH3 is 2. The van der Waals surface area contributed by atoms with Gasteiger partial charge in [0, 0.05) is 18.2 Å². The van der Waals surface area contributed by atoms with Crippen molar-refractivity contribution < 1.29 is 28.5 Å². The number of carbonyl (C=O) groups excluding carboxylic acids is 2.